The van der Waals surface area contributed by atoms with E-state index in [-0.39, 0.29) is 18.1 Å². The Balaban J connectivity index is 2.59. The van der Waals surface area contributed by atoms with Crippen LogP contribution in [-0.2, 0) is 14.6 Å². The molecule has 1 unspecified atom stereocenters. The second-order valence-electron chi connectivity index (χ2n) is 3.66. The van der Waals surface area contributed by atoms with Gasteiger partial charge in [0.05, 0.1) is 12.3 Å². The lowest BCUT2D eigenvalue weighted by atomic mass is 10.2. The highest BCUT2D eigenvalue weighted by Gasteiger charge is 2.34. The maximum Gasteiger partial charge on any atom is 0.238 e. The summed E-state index contributed by atoms with van der Waals surface area (Å²) in [6.07, 6.45) is 1.66. The van der Waals surface area contributed by atoms with Crippen LogP contribution in [0.3, 0.4) is 0 Å². The number of amidine groups is 1. The molecule has 0 saturated carbocycles. The van der Waals surface area contributed by atoms with Crippen molar-refractivity contribution in [2.45, 2.75) is 24.5 Å². The molecule has 0 aromatic heterocycles. The zero-order valence-corrected chi connectivity index (χ0v) is 9.53. The summed E-state index contributed by atoms with van der Waals surface area (Å²) < 4.78 is 23.1. The van der Waals surface area contributed by atoms with Crippen LogP contribution in [0.4, 0.5) is 0 Å². The standard InChI is InChI=1S/C8H15N3O4S/c9-7(11-13)5-10-8(12)6-3-1-2-4-16(6,14)15/h6,13H,1-5H2,(H2,9,11)(H,10,12). The van der Waals surface area contributed by atoms with Gasteiger partial charge in [-0.25, -0.2) is 8.42 Å². The summed E-state index contributed by atoms with van der Waals surface area (Å²) >= 11 is 0. The molecule has 0 spiro atoms. The molecule has 1 aliphatic rings. The second-order valence-corrected chi connectivity index (χ2v) is 5.96. The highest BCUT2D eigenvalue weighted by Crippen LogP contribution is 2.19. The first-order valence-corrected chi connectivity index (χ1v) is 6.64. The average molecular weight is 249 g/mol. The Hall–Kier alpha value is -1.31. The zero-order valence-electron chi connectivity index (χ0n) is 8.72. The van der Waals surface area contributed by atoms with E-state index in [2.05, 4.69) is 10.5 Å². The van der Waals surface area contributed by atoms with E-state index in [0.29, 0.717) is 12.8 Å². The number of nitrogens with one attached hydrogen (secondary N) is 1. The fourth-order valence-electron chi connectivity index (χ4n) is 1.58. The van der Waals surface area contributed by atoms with Gasteiger partial charge >= 0.3 is 0 Å². The lowest BCUT2D eigenvalue weighted by molar-refractivity contribution is -0.120. The maximum atomic E-state index is 11.6. The molecule has 0 aromatic carbocycles. The maximum absolute atomic E-state index is 11.6. The molecule has 1 fully saturated rings. The lowest BCUT2D eigenvalue weighted by Gasteiger charge is -2.21. The molecule has 1 amide bonds. The van der Waals surface area contributed by atoms with E-state index in [4.69, 9.17) is 10.9 Å². The molecule has 1 saturated heterocycles. The Bertz CT molecular complexity index is 390. The van der Waals surface area contributed by atoms with E-state index in [1.807, 2.05) is 0 Å². The highest BCUT2D eigenvalue weighted by atomic mass is 32.2. The quantitative estimate of drug-likeness (QED) is 0.251. The van der Waals surface area contributed by atoms with Gasteiger partial charge in [-0.2, -0.15) is 0 Å². The van der Waals surface area contributed by atoms with Crippen molar-refractivity contribution in [1.29, 1.82) is 0 Å². The third-order valence-electron chi connectivity index (χ3n) is 2.44. The average Bonchev–Trinajstić information content (AvgIpc) is 2.24. The number of rotatable bonds is 3. The van der Waals surface area contributed by atoms with Crippen molar-refractivity contribution >= 4 is 21.6 Å². The molecule has 1 rings (SSSR count). The Morgan fingerprint density at radius 2 is 2.19 bits per heavy atom. The van der Waals surface area contributed by atoms with E-state index in [1.54, 1.807) is 0 Å². The van der Waals surface area contributed by atoms with E-state index in [9.17, 15) is 13.2 Å². The summed E-state index contributed by atoms with van der Waals surface area (Å²) in [4.78, 5) is 11.6. The van der Waals surface area contributed by atoms with Crippen LogP contribution in [0.2, 0.25) is 0 Å². The number of nitrogens with zero attached hydrogens (tertiary/aromatic N) is 1. The van der Waals surface area contributed by atoms with Gasteiger partial charge in [0.15, 0.2) is 15.7 Å². The van der Waals surface area contributed by atoms with Gasteiger partial charge in [0.1, 0.15) is 5.25 Å². The van der Waals surface area contributed by atoms with E-state index < -0.39 is 21.0 Å². The van der Waals surface area contributed by atoms with Gasteiger partial charge in [0.25, 0.3) is 0 Å². The summed E-state index contributed by atoms with van der Waals surface area (Å²) in [5.41, 5.74) is 5.15. The fourth-order valence-corrected chi connectivity index (χ4v) is 3.40. The Kier molecular flexibility index (Phi) is 4.11. The van der Waals surface area contributed by atoms with Crippen LogP contribution in [0.15, 0.2) is 5.16 Å². The zero-order chi connectivity index (χ0) is 12.2. The molecule has 92 valence electrons. The minimum Gasteiger partial charge on any atom is -0.409 e. The number of carbonyl (C=O) groups excluding carboxylic acids is 1. The van der Waals surface area contributed by atoms with Gasteiger partial charge in [-0.3, -0.25) is 4.79 Å². The molecule has 0 aromatic rings. The molecule has 0 bridgehead atoms. The summed E-state index contributed by atoms with van der Waals surface area (Å²) in [6.45, 7) is -0.151. The van der Waals surface area contributed by atoms with E-state index in [0.717, 1.165) is 6.42 Å². The van der Waals surface area contributed by atoms with Crippen LogP contribution in [0.5, 0.6) is 0 Å². The summed E-state index contributed by atoms with van der Waals surface area (Å²) in [7, 11) is -3.33. The third-order valence-corrected chi connectivity index (χ3v) is 4.62. The van der Waals surface area contributed by atoms with Crippen LogP contribution in [0, 0.1) is 0 Å². The molecule has 0 radical (unpaired) electrons. The highest BCUT2D eigenvalue weighted by molar-refractivity contribution is 7.92. The molecule has 7 nitrogen and oxygen atoms in total. The minimum absolute atomic E-state index is 0.0503. The van der Waals surface area contributed by atoms with Crippen molar-refractivity contribution in [3.63, 3.8) is 0 Å². The second kappa shape index (κ2) is 5.15. The van der Waals surface area contributed by atoms with Gasteiger partial charge in [-0.15, -0.1) is 0 Å². The largest absolute Gasteiger partial charge is 0.409 e. The predicted molar refractivity (Wildman–Crippen MR) is 57.8 cm³/mol. The summed E-state index contributed by atoms with van der Waals surface area (Å²) in [5.74, 6) is -0.692. The monoisotopic (exact) mass is 249 g/mol. The van der Waals surface area contributed by atoms with Crippen molar-refractivity contribution in [1.82, 2.24) is 5.32 Å². The molecule has 4 N–H and O–H groups in total. The topological polar surface area (TPSA) is 122 Å². The number of hydrogen-bond donors (Lipinski definition) is 3. The van der Waals surface area contributed by atoms with Gasteiger partial charge in [-0.05, 0) is 12.8 Å². The molecule has 0 aliphatic carbocycles. The van der Waals surface area contributed by atoms with Crippen molar-refractivity contribution < 1.29 is 18.4 Å². The number of sulfone groups is 1. The number of hydrogen-bond acceptors (Lipinski definition) is 5. The molecule has 1 aliphatic heterocycles. The SMILES string of the molecule is NC(CNC(=O)C1CCCCS1(=O)=O)=NO. The Morgan fingerprint density at radius 3 is 2.75 bits per heavy atom. The minimum atomic E-state index is -3.33. The normalized spacial score (nSPS) is 25.0. The van der Waals surface area contributed by atoms with Gasteiger partial charge < -0.3 is 16.3 Å². The molecular formula is C8H15N3O4S. The van der Waals surface area contributed by atoms with Crippen LogP contribution in [0.25, 0.3) is 0 Å². The third kappa shape index (κ3) is 3.09. The predicted octanol–water partition coefficient (Wildman–Crippen LogP) is -1.18. The van der Waals surface area contributed by atoms with Crippen LogP contribution in [-0.4, -0.2) is 42.9 Å². The van der Waals surface area contributed by atoms with Gasteiger partial charge in [0, 0.05) is 0 Å². The summed E-state index contributed by atoms with van der Waals surface area (Å²) in [6, 6.07) is 0. The smallest absolute Gasteiger partial charge is 0.238 e. The molecular weight excluding hydrogens is 234 g/mol. The van der Waals surface area contributed by atoms with E-state index in [1.165, 1.54) is 0 Å². The Labute approximate surface area is 93.6 Å². The van der Waals surface area contributed by atoms with Crippen LogP contribution in [0.1, 0.15) is 19.3 Å². The fraction of sp³-hybridized carbons (Fsp3) is 0.750. The van der Waals surface area contributed by atoms with Crippen molar-refractivity contribution in [2.75, 3.05) is 12.3 Å². The van der Waals surface area contributed by atoms with E-state index >= 15 is 0 Å². The van der Waals surface area contributed by atoms with Crippen LogP contribution >= 0.6 is 0 Å². The lowest BCUT2D eigenvalue weighted by Crippen LogP contribution is -2.45. The van der Waals surface area contributed by atoms with Crippen molar-refractivity contribution in [2.24, 2.45) is 10.9 Å². The summed E-state index contributed by atoms with van der Waals surface area (Å²) in [5, 5.41) is 12.3. The van der Waals surface area contributed by atoms with Gasteiger partial charge in [-0.1, -0.05) is 11.6 Å². The first-order chi connectivity index (χ1) is 7.47. The van der Waals surface area contributed by atoms with Crippen molar-refractivity contribution in [3.8, 4) is 0 Å². The molecule has 16 heavy (non-hydrogen) atoms. The molecule has 1 heterocycles. The van der Waals surface area contributed by atoms with Crippen LogP contribution < -0.4 is 11.1 Å². The Morgan fingerprint density at radius 1 is 1.50 bits per heavy atom. The van der Waals surface area contributed by atoms with Crippen molar-refractivity contribution in [3.05, 3.63) is 0 Å². The number of nitrogens with two attached hydrogens (primary N) is 1. The number of carbonyl (C=O) groups is 1. The first kappa shape index (κ1) is 12.8. The first-order valence-electron chi connectivity index (χ1n) is 4.93. The molecule has 8 heteroatoms. The van der Waals surface area contributed by atoms with Gasteiger partial charge in [0.2, 0.25) is 5.91 Å². The number of amides is 1. The number of oxime groups is 1. The molecule has 1 atom stereocenters.